The smallest absolute Gasteiger partial charge is 0.229 e. The predicted octanol–water partition coefficient (Wildman–Crippen LogP) is 5.00. The fourth-order valence-corrected chi connectivity index (χ4v) is 2.72. The summed E-state index contributed by atoms with van der Waals surface area (Å²) in [6, 6.07) is 18.5. The SMILES string of the molecule is CCN(c1ccccc1)c1ccnc(Nc2ccc(C)cc2C)n1. The number of aryl methyl sites for hydroxylation is 2. The van der Waals surface area contributed by atoms with Crippen LogP contribution in [0.2, 0.25) is 0 Å². The van der Waals surface area contributed by atoms with Crippen LogP contribution < -0.4 is 10.2 Å². The Labute approximate surface area is 143 Å². The summed E-state index contributed by atoms with van der Waals surface area (Å²) in [6.45, 7) is 7.13. The molecular formula is C20H22N4. The maximum absolute atomic E-state index is 4.68. The van der Waals surface area contributed by atoms with Gasteiger partial charge in [-0.25, -0.2) is 4.98 Å². The molecule has 2 aromatic carbocycles. The van der Waals surface area contributed by atoms with Gasteiger partial charge in [-0.15, -0.1) is 0 Å². The summed E-state index contributed by atoms with van der Waals surface area (Å²) in [4.78, 5) is 11.2. The van der Waals surface area contributed by atoms with Gasteiger partial charge in [0.25, 0.3) is 0 Å². The molecule has 0 amide bonds. The zero-order chi connectivity index (χ0) is 16.9. The Morgan fingerprint density at radius 3 is 2.50 bits per heavy atom. The van der Waals surface area contributed by atoms with E-state index in [0.717, 1.165) is 23.7 Å². The Morgan fingerprint density at radius 2 is 1.79 bits per heavy atom. The molecule has 0 fully saturated rings. The third-order valence-electron chi connectivity index (χ3n) is 3.93. The third-order valence-corrected chi connectivity index (χ3v) is 3.93. The molecular weight excluding hydrogens is 296 g/mol. The summed E-state index contributed by atoms with van der Waals surface area (Å²) in [5, 5.41) is 3.32. The number of nitrogens with one attached hydrogen (secondary N) is 1. The van der Waals surface area contributed by atoms with Crippen molar-refractivity contribution in [1.29, 1.82) is 0 Å². The highest BCUT2D eigenvalue weighted by molar-refractivity contribution is 5.63. The van der Waals surface area contributed by atoms with Gasteiger partial charge < -0.3 is 10.2 Å². The highest BCUT2D eigenvalue weighted by atomic mass is 15.2. The Kier molecular flexibility index (Phi) is 4.75. The van der Waals surface area contributed by atoms with Crippen LogP contribution in [-0.4, -0.2) is 16.5 Å². The minimum atomic E-state index is 0.605. The van der Waals surface area contributed by atoms with E-state index in [0.29, 0.717) is 5.95 Å². The molecule has 0 bridgehead atoms. The number of aromatic nitrogens is 2. The lowest BCUT2D eigenvalue weighted by atomic mass is 10.1. The highest BCUT2D eigenvalue weighted by Gasteiger charge is 2.10. The minimum Gasteiger partial charge on any atom is -0.327 e. The van der Waals surface area contributed by atoms with Crippen molar-refractivity contribution in [3.8, 4) is 0 Å². The summed E-state index contributed by atoms with van der Waals surface area (Å²) in [7, 11) is 0. The van der Waals surface area contributed by atoms with Crippen LogP contribution >= 0.6 is 0 Å². The van der Waals surface area contributed by atoms with E-state index in [2.05, 4.69) is 71.3 Å². The summed E-state index contributed by atoms with van der Waals surface area (Å²) in [5.74, 6) is 1.49. The van der Waals surface area contributed by atoms with Crippen LogP contribution in [0.4, 0.5) is 23.1 Å². The van der Waals surface area contributed by atoms with Crippen molar-refractivity contribution in [3.05, 3.63) is 71.9 Å². The van der Waals surface area contributed by atoms with E-state index in [1.54, 1.807) is 6.20 Å². The molecule has 4 heteroatoms. The first-order valence-corrected chi connectivity index (χ1v) is 8.17. The topological polar surface area (TPSA) is 41.1 Å². The van der Waals surface area contributed by atoms with Gasteiger partial charge in [0.05, 0.1) is 0 Å². The van der Waals surface area contributed by atoms with Crippen LogP contribution in [0, 0.1) is 13.8 Å². The first-order valence-electron chi connectivity index (χ1n) is 8.17. The highest BCUT2D eigenvalue weighted by Crippen LogP contribution is 2.25. The van der Waals surface area contributed by atoms with Crippen molar-refractivity contribution in [2.24, 2.45) is 0 Å². The van der Waals surface area contributed by atoms with E-state index in [9.17, 15) is 0 Å². The van der Waals surface area contributed by atoms with E-state index < -0.39 is 0 Å². The Morgan fingerprint density at radius 1 is 1.00 bits per heavy atom. The van der Waals surface area contributed by atoms with Gasteiger partial charge in [-0.2, -0.15) is 4.98 Å². The number of hydrogen-bond donors (Lipinski definition) is 1. The molecule has 0 saturated carbocycles. The van der Waals surface area contributed by atoms with Crippen molar-refractivity contribution < 1.29 is 0 Å². The lowest BCUT2D eigenvalue weighted by Gasteiger charge is -2.22. The van der Waals surface area contributed by atoms with Crippen LogP contribution in [0.25, 0.3) is 0 Å². The molecule has 1 N–H and O–H groups in total. The van der Waals surface area contributed by atoms with Crippen molar-refractivity contribution in [2.75, 3.05) is 16.8 Å². The molecule has 0 spiro atoms. The van der Waals surface area contributed by atoms with Crippen LogP contribution in [0.5, 0.6) is 0 Å². The monoisotopic (exact) mass is 318 g/mol. The molecule has 0 aliphatic carbocycles. The van der Waals surface area contributed by atoms with E-state index in [-0.39, 0.29) is 0 Å². The van der Waals surface area contributed by atoms with Gasteiger partial charge >= 0.3 is 0 Å². The van der Waals surface area contributed by atoms with Crippen LogP contribution in [0.1, 0.15) is 18.1 Å². The lowest BCUT2D eigenvalue weighted by Crippen LogP contribution is -2.17. The van der Waals surface area contributed by atoms with E-state index in [1.165, 1.54) is 11.1 Å². The molecule has 1 heterocycles. The summed E-state index contributed by atoms with van der Waals surface area (Å²) >= 11 is 0. The quantitative estimate of drug-likeness (QED) is 0.719. The number of para-hydroxylation sites is 1. The average Bonchev–Trinajstić information content (AvgIpc) is 2.60. The van der Waals surface area contributed by atoms with Gasteiger partial charge in [0.2, 0.25) is 5.95 Å². The first-order chi connectivity index (χ1) is 11.7. The fraction of sp³-hybridized carbons (Fsp3) is 0.200. The molecule has 24 heavy (non-hydrogen) atoms. The third kappa shape index (κ3) is 3.54. The molecule has 0 aliphatic heterocycles. The minimum absolute atomic E-state index is 0.605. The predicted molar refractivity (Wildman–Crippen MR) is 100 cm³/mol. The second kappa shape index (κ2) is 7.13. The standard InChI is InChI=1S/C20H22N4/c1-4-24(17-8-6-5-7-9-17)19-12-13-21-20(23-19)22-18-11-10-15(2)14-16(18)3/h5-14H,4H2,1-3H3,(H,21,22,23). The van der Waals surface area contributed by atoms with Gasteiger partial charge in [-0.1, -0.05) is 35.9 Å². The number of rotatable bonds is 5. The van der Waals surface area contributed by atoms with Crippen molar-refractivity contribution in [1.82, 2.24) is 9.97 Å². The largest absolute Gasteiger partial charge is 0.327 e. The molecule has 0 radical (unpaired) electrons. The average molecular weight is 318 g/mol. The first kappa shape index (κ1) is 16.0. The van der Waals surface area contributed by atoms with Gasteiger partial charge in [-0.05, 0) is 50.6 Å². The zero-order valence-electron chi connectivity index (χ0n) is 14.3. The molecule has 122 valence electrons. The van der Waals surface area contributed by atoms with Crippen LogP contribution in [-0.2, 0) is 0 Å². The number of benzene rings is 2. The van der Waals surface area contributed by atoms with Gasteiger partial charge in [-0.3, -0.25) is 0 Å². The van der Waals surface area contributed by atoms with Crippen LogP contribution in [0.3, 0.4) is 0 Å². The van der Waals surface area contributed by atoms with E-state index >= 15 is 0 Å². The van der Waals surface area contributed by atoms with Crippen molar-refractivity contribution in [3.63, 3.8) is 0 Å². The maximum atomic E-state index is 4.68. The van der Waals surface area contributed by atoms with Crippen molar-refractivity contribution >= 4 is 23.1 Å². The summed E-state index contributed by atoms with van der Waals surface area (Å²) in [6.07, 6.45) is 1.79. The molecule has 0 aliphatic rings. The Balaban J connectivity index is 1.88. The van der Waals surface area contributed by atoms with Gasteiger partial charge in [0.15, 0.2) is 0 Å². The second-order valence-corrected chi connectivity index (χ2v) is 5.76. The normalized spacial score (nSPS) is 10.5. The molecule has 3 aromatic rings. The van der Waals surface area contributed by atoms with E-state index in [4.69, 9.17) is 0 Å². The fourth-order valence-electron chi connectivity index (χ4n) is 2.72. The molecule has 1 aromatic heterocycles. The number of hydrogen-bond acceptors (Lipinski definition) is 4. The Bertz CT molecular complexity index is 815. The lowest BCUT2D eigenvalue weighted by molar-refractivity contribution is 0.978. The zero-order valence-corrected chi connectivity index (χ0v) is 14.3. The number of anilines is 4. The summed E-state index contributed by atoms with van der Waals surface area (Å²) < 4.78 is 0. The Hall–Kier alpha value is -2.88. The maximum Gasteiger partial charge on any atom is 0.229 e. The molecule has 0 atom stereocenters. The molecule has 0 saturated heterocycles. The van der Waals surface area contributed by atoms with Crippen LogP contribution in [0.15, 0.2) is 60.8 Å². The molecule has 3 rings (SSSR count). The molecule has 4 nitrogen and oxygen atoms in total. The number of nitrogens with zero attached hydrogens (tertiary/aromatic N) is 3. The van der Waals surface area contributed by atoms with Crippen molar-refractivity contribution in [2.45, 2.75) is 20.8 Å². The summed E-state index contributed by atoms with van der Waals surface area (Å²) in [5.41, 5.74) is 4.57. The van der Waals surface area contributed by atoms with Gasteiger partial charge in [0, 0.05) is 24.1 Å². The van der Waals surface area contributed by atoms with E-state index in [1.807, 2.05) is 24.3 Å². The van der Waals surface area contributed by atoms with Gasteiger partial charge in [0.1, 0.15) is 5.82 Å². The second-order valence-electron chi connectivity index (χ2n) is 5.76. The molecule has 0 unspecified atom stereocenters.